The lowest BCUT2D eigenvalue weighted by atomic mass is 9.89. The SMILES string of the molecule is c1ccc2cc3c(cc2c1)c1c2c4ccccc4c4ccccc4c2ccc1n3-c1nc2ccc3cc(-c4ccc5c(c4)c4ccccc4c4ccc6c(c7cc8ccccc8cc7n6-c6nc7c(ccc8ccccc87)nc6-c6ccc7c(c6)oc6ccccc67)c45)ccc3c2nc1-c1ccc2c(c1)oc1ccccc12. The molecule has 0 aliphatic rings. The maximum atomic E-state index is 6.70. The molecule has 8 heteroatoms. The summed E-state index contributed by atoms with van der Waals surface area (Å²) in [5, 5.41) is 32.2. The van der Waals surface area contributed by atoms with Crippen LogP contribution in [0.25, 0.3) is 263 Å². The summed E-state index contributed by atoms with van der Waals surface area (Å²) >= 11 is 0. The summed E-state index contributed by atoms with van der Waals surface area (Å²) < 4.78 is 18.1. The molecular weight excluding hydrogens is 1370 g/mol. The number of benzene rings is 20. The Kier molecular flexibility index (Phi) is 11.9. The van der Waals surface area contributed by atoms with Crippen molar-refractivity contribution in [2.24, 2.45) is 0 Å². The number of nitrogens with zero attached hydrogens (tertiary/aromatic N) is 6. The van der Waals surface area contributed by atoms with Crippen LogP contribution in [0.4, 0.5) is 0 Å². The average molecular weight is 1420 g/mol. The van der Waals surface area contributed by atoms with Crippen molar-refractivity contribution in [1.29, 1.82) is 0 Å². The second-order valence-electron chi connectivity index (χ2n) is 30.2. The number of rotatable bonds is 5. The van der Waals surface area contributed by atoms with Crippen LogP contribution in [-0.2, 0) is 0 Å². The Morgan fingerprint density at radius 1 is 0.188 bits per heavy atom. The van der Waals surface area contributed by atoms with Crippen LogP contribution in [0, 0.1) is 0 Å². The first kappa shape index (κ1) is 60.0. The lowest BCUT2D eigenvalue weighted by Gasteiger charge is -2.16. The van der Waals surface area contributed by atoms with E-state index in [0.29, 0.717) is 0 Å². The van der Waals surface area contributed by atoms with Crippen molar-refractivity contribution in [1.82, 2.24) is 29.1 Å². The summed E-state index contributed by atoms with van der Waals surface area (Å²) in [4.78, 5) is 23.4. The van der Waals surface area contributed by atoms with Gasteiger partial charge in [0.1, 0.15) is 33.7 Å². The molecule has 6 heterocycles. The van der Waals surface area contributed by atoms with E-state index in [2.05, 4.69) is 325 Å². The fourth-order valence-electron chi connectivity index (χ4n) is 19.3. The normalized spacial score (nSPS) is 12.5. The van der Waals surface area contributed by atoms with Crippen molar-refractivity contribution in [2.45, 2.75) is 0 Å². The molecule has 6 aromatic heterocycles. The van der Waals surface area contributed by atoms with E-state index < -0.39 is 0 Å². The van der Waals surface area contributed by atoms with Crippen LogP contribution in [0.3, 0.4) is 0 Å². The van der Waals surface area contributed by atoms with Crippen LogP contribution in [0.2, 0.25) is 0 Å². The quantitative estimate of drug-likeness (QED) is 0.160. The molecule has 0 amide bonds. The van der Waals surface area contributed by atoms with E-state index in [4.69, 9.17) is 28.8 Å². The third-order valence-electron chi connectivity index (χ3n) is 24.3. The van der Waals surface area contributed by atoms with E-state index in [1.807, 2.05) is 24.3 Å². The van der Waals surface area contributed by atoms with Crippen LogP contribution in [0.15, 0.2) is 349 Å². The average Bonchev–Trinajstić information content (AvgIpc) is 1.53. The van der Waals surface area contributed by atoms with Gasteiger partial charge in [-0.15, -0.1) is 0 Å². The number of hydrogen-bond acceptors (Lipinski definition) is 6. The molecular formula is C104H56N6O2. The van der Waals surface area contributed by atoms with E-state index in [1.165, 1.54) is 75.4 Å². The third kappa shape index (κ3) is 8.33. The fourth-order valence-corrected chi connectivity index (χ4v) is 19.3. The molecule has 26 aromatic rings. The molecule has 0 spiro atoms. The van der Waals surface area contributed by atoms with Crippen LogP contribution in [0.1, 0.15) is 0 Å². The Balaban J connectivity index is 0.691. The number of fused-ring (bicyclic) bond motifs is 34. The van der Waals surface area contributed by atoms with Gasteiger partial charge >= 0.3 is 0 Å². The topological polar surface area (TPSA) is 87.7 Å². The monoisotopic (exact) mass is 1420 g/mol. The van der Waals surface area contributed by atoms with Crippen molar-refractivity contribution in [3.63, 3.8) is 0 Å². The molecule has 0 bridgehead atoms. The zero-order valence-electron chi connectivity index (χ0n) is 59.8. The van der Waals surface area contributed by atoms with Gasteiger partial charge < -0.3 is 8.83 Å². The smallest absolute Gasteiger partial charge is 0.165 e. The van der Waals surface area contributed by atoms with Crippen LogP contribution >= 0.6 is 0 Å². The van der Waals surface area contributed by atoms with E-state index in [9.17, 15) is 0 Å². The maximum Gasteiger partial charge on any atom is 0.165 e. The number of para-hydroxylation sites is 2. The number of aromatic nitrogens is 6. The Morgan fingerprint density at radius 2 is 0.554 bits per heavy atom. The fraction of sp³-hybridized carbons (Fsp3) is 0. The maximum absolute atomic E-state index is 6.70. The zero-order valence-corrected chi connectivity index (χ0v) is 59.8. The summed E-state index contributed by atoms with van der Waals surface area (Å²) in [6.07, 6.45) is 0. The van der Waals surface area contributed by atoms with Gasteiger partial charge in [-0.2, -0.15) is 0 Å². The van der Waals surface area contributed by atoms with Gasteiger partial charge in [0, 0.05) is 75.8 Å². The Bertz CT molecular complexity index is 8770. The molecule has 0 atom stereocenters. The molecule has 112 heavy (non-hydrogen) atoms. The highest BCUT2D eigenvalue weighted by molar-refractivity contribution is 6.38. The van der Waals surface area contributed by atoms with Crippen molar-refractivity contribution in [3.05, 3.63) is 340 Å². The van der Waals surface area contributed by atoms with Gasteiger partial charge in [-0.3, -0.25) is 9.13 Å². The first-order chi connectivity index (χ1) is 55.5. The minimum atomic E-state index is 0.739. The summed E-state index contributed by atoms with van der Waals surface area (Å²) in [7, 11) is 0. The van der Waals surface area contributed by atoms with Gasteiger partial charge in [-0.1, -0.05) is 243 Å². The molecule has 0 unspecified atom stereocenters. The van der Waals surface area contributed by atoms with E-state index in [1.54, 1.807) is 0 Å². The lowest BCUT2D eigenvalue weighted by Crippen LogP contribution is -2.04. The standard InChI is InChI=1S/C104H56N6O2/c1-3-20-60-53-89-83(51-58(60)18-1)97-87(47-43-79-71-25-8-7-23-69(71)70-24-11-12-30-78(70)95(79)97)109(89)103-100(66-36-41-77-75-29-14-16-32-92(75)112-94(77)56-66)107-101-68-39-33-62(49-64(68)38-46-86(101)106-103)63-34-42-81-82(50-63)73-27-10-9-26-72(73)80-44-48-88-98(96(80)81)84-52-59-19-2-4-21-61(59)54-90(84)110(88)104-99(105-85-45-37-57-17-5-6-22-67(57)102(85)108-104)65-35-40-76-74-28-13-15-31-91(74)111-93(76)55-65/h1-56H. The summed E-state index contributed by atoms with van der Waals surface area (Å²) in [5.41, 5.74) is 16.3. The predicted molar refractivity (Wildman–Crippen MR) is 467 cm³/mol. The van der Waals surface area contributed by atoms with Crippen molar-refractivity contribution in [3.8, 4) is 45.3 Å². The molecule has 0 fully saturated rings. The van der Waals surface area contributed by atoms with Crippen molar-refractivity contribution < 1.29 is 8.83 Å². The van der Waals surface area contributed by atoms with Gasteiger partial charge in [0.05, 0.1) is 44.1 Å². The molecule has 26 rings (SSSR count). The molecule has 0 saturated heterocycles. The summed E-state index contributed by atoms with van der Waals surface area (Å²) in [6.45, 7) is 0. The molecule has 0 aliphatic carbocycles. The van der Waals surface area contributed by atoms with Crippen LogP contribution in [-0.4, -0.2) is 29.1 Å². The minimum absolute atomic E-state index is 0.739. The molecule has 0 aliphatic heterocycles. The Labute approximate surface area is 636 Å². The molecule has 0 radical (unpaired) electrons. The second kappa shape index (κ2) is 22.3. The van der Waals surface area contributed by atoms with Crippen LogP contribution in [0.5, 0.6) is 0 Å². The Hall–Kier alpha value is -15.1. The van der Waals surface area contributed by atoms with Crippen molar-refractivity contribution in [2.75, 3.05) is 0 Å². The first-order valence-electron chi connectivity index (χ1n) is 38.2. The molecule has 20 aromatic carbocycles. The minimum Gasteiger partial charge on any atom is -0.456 e. The van der Waals surface area contributed by atoms with Gasteiger partial charge in [0.25, 0.3) is 0 Å². The van der Waals surface area contributed by atoms with E-state index in [0.717, 1.165) is 187 Å². The highest BCUT2D eigenvalue weighted by Gasteiger charge is 2.28. The largest absolute Gasteiger partial charge is 0.456 e. The predicted octanol–water partition coefficient (Wildman–Crippen LogP) is 28.1. The highest BCUT2D eigenvalue weighted by atomic mass is 16.3. The van der Waals surface area contributed by atoms with E-state index in [-0.39, 0.29) is 0 Å². The molecule has 8 nitrogen and oxygen atoms in total. The third-order valence-corrected chi connectivity index (χ3v) is 24.3. The van der Waals surface area contributed by atoms with Crippen LogP contribution < -0.4 is 0 Å². The van der Waals surface area contributed by atoms with E-state index >= 15 is 0 Å². The lowest BCUT2D eigenvalue weighted by molar-refractivity contribution is 0.668. The molecule has 0 N–H and O–H groups in total. The number of hydrogen-bond donors (Lipinski definition) is 0. The molecule has 514 valence electrons. The number of furan rings is 2. The van der Waals surface area contributed by atoms with Gasteiger partial charge in [0.2, 0.25) is 0 Å². The van der Waals surface area contributed by atoms with Crippen molar-refractivity contribution >= 4 is 217 Å². The summed E-state index contributed by atoms with van der Waals surface area (Å²) in [5.74, 6) is 1.48. The van der Waals surface area contributed by atoms with Gasteiger partial charge in [-0.25, -0.2) is 19.9 Å². The zero-order chi connectivity index (χ0) is 72.7. The summed E-state index contributed by atoms with van der Waals surface area (Å²) in [6, 6.07) is 124. The first-order valence-corrected chi connectivity index (χ1v) is 38.2. The van der Waals surface area contributed by atoms with Gasteiger partial charge in [-0.05, 0) is 194 Å². The Morgan fingerprint density at radius 3 is 1.12 bits per heavy atom. The highest BCUT2D eigenvalue weighted by Crippen LogP contribution is 2.50. The molecule has 0 saturated carbocycles. The second-order valence-corrected chi connectivity index (χ2v) is 30.2. The van der Waals surface area contributed by atoms with Gasteiger partial charge in [0.15, 0.2) is 11.6 Å².